The van der Waals surface area contributed by atoms with Gasteiger partial charge in [0, 0.05) is 24.6 Å². The topological polar surface area (TPSA) is 121 Å². The molecule has 9 heteroatoms. The highest BCUT2D eigenvalue weighted by Crippen LogP contribution is 2.23. The molecule has 1 saturated heterocycles. The SMILES string of the molecule is O=C(O)C1CC(O)CN1C(=O)c1cc(F)cc([N+](=O)[O-])c1. The van der Waals surface area contributed by atoms with Crippen molar-refractivity contribution in [3.05, 3.63) is 39.7 Å². The second-order valence-electron chi connectivity index (χ2n) is 4.66. The van der Waals surface area contributed by atoms with E-state index in [1.54, 1.807) is 0 Å². The van der Waals surface area contributed by atoms with Gasteiger partial charge >= 0.3 is 5.97 Å². The number of nitro benzene ring substituents is 1. The van der Waals surface area contributed by atoms with Crippen LogP contribution in [0.3, 0.4) is 0 Å². The molecule has 1 aliphatic heterocycles. The van der Waals surface area contributed by atoms with E-state index in [1.165, 1.54) is 0 Å². The largest absolute Gasteiger partial charge is 0.480 e. The number of non-ortho nitro benzene ring substituents is 1. The van der Waals surface area contributed by atoms with Gasteiger partial charge in [-0.2, -0.15) is 0 Å². The average molecular weight is 298 g/mol. The van der Waals surface area contributed by atoms with E-state index in [0.29, 0.717) is 6.07 Å². The average Bonchev–Trinajstić information content (AvgIpc) is 2.79. The van der Waals surface area contributed by atoms with Crippen molar-refractivity contribution in [3.63, 3.8) is 0 Å². The molecule has 2 unspecified atom stereocenters. The summed E-state index contributed by atoms with van der Waals surface area (Å²) >= 11 is 0. The molecule has 1 aromatic rings. The van der Waals surface area contributed by atoms with Gasteiger partial charge in [-0.25, -0.2) is 9.18 Å². The summed E-state index contributed by atoms with van der Waals surface area (Å²) in [6, 6.07) is 1.08. The van der Waals surface area contributed by atoms with E-state index in [-0.39, 0.29) is 18.5 Å². The lowest BCUT2D eigenvalue weighted by Crippen LogP contribution is -2.40. The Balaban J connectivity index is 2.35. The van der Waals surface area contributed by atoms with E-state index in [1.807, 2.05) is 0 Å². The summed E-state index contributed by atoms with van der Waals surface area (Å²) in [7, 11) is 0. The van der Waals surface area contributed by atoms with Gasteiger partial charge in [-0.05, 0) is 6.07 Å². The molecular weight excluding hydrogens is 287 g/mol. The van der Waals surface area contributed by atoms with Crippen LogP contribution in [0.4, 0.5) is 10.1 Å². The fourth-order valence-corrected chi connectivity index (χ4v) is 2.24. The molecule has 1 aromatic carbocycles. The molecule has 112 valence electrons. The van der Waals surface area contributed by atoms with Crippen LogP contribution in [0.5, 0.6) is 0 Å². The van der Waals surface area contributed by atoms with Crippen LogP contribution in [0.1, 0.15) is 16.8 Å². The maximum atomic E-state index is 13.3. The lowest BCUT2D eigenvalue weighted by Gasteiger charge is -2.21. The highest BCUT2D eigenvalue weighted by atomic mass is 19.1. The lowest BCUT2D eigenvalue weighted by atomic mass is 10.1. The monoisotopic (exact) mass is 298 g/mol. The molecule has 0 radical (unpaired) electrons. The van der Waals surface area contributed by atoms with Crippen molar-refractivity contribution < 1.29 is 29.1 Å². The Morgan fingerprint density at radius 2 is 2.05 bits per heavy atom. The zero-order valence-corrected chi connectivity index (χ0v) is 10.6. The van der Waals surface area contributed by atoms with Crippen LogP contribution in [-0.4, -0.2) is 50.6 Å². The lowest BCUT2D eigenvalue weighted by molar-refractivity contribution is -0.385. The summed E-state index contributed by atoms with van der Waals surface area (Å²) in [6.07, 6.45) is -1.14. The second-order valence-corrected chi connectivity index (χ2v) is 4.66. The number of nitro groups is 1. The quantitative estimate of drug-likeness (QED) is 0.615. The second kappa shape index (κ2) is 5.44. The Hall–Kier alpha value is -2.55. The smallest absolute Gasteiger partial charge is 0.326 e. The van der Waals surface area contributed by atoms with Crippen molar-refractivity contribution in [2.45, 2.75) is 18.6 Å². The van der Waals surface area contributed by atoms with Crippen molar-refractivity contribution in [3.8, 4) is 0 Å². The Labute approximate surface area is 117 Å². The third kappa shape index (κ3) is 2.97. The van der Waals surface area contributed by atoms with E-state index in [2.05, 4.69) is 0 Å². The standard InChI is InChI=1S/C12H11FN2O6/c13-7-1-6(2-8(3-7)15(20)21)11(17)14-5-9(16)4-10(14)12(18)19/h1-3,9-10,16H,4-5H2,(H,18,19). The minimum atomic E-state index is -1.30. The number of aliphatic hydroxyl groups excluding tert-OH is 1. The fraction of sp³-hybridized carbons (Fsp3) is 0.333. The Morgan fingerprint density at radius 3 is 2.62 bits per heavy atom. The van der Waals surface area contributed by atoms with Crippen molar-refractivity contribution in [2.24, 2.45) is 0 Å². The molecular formula is C12H11FN2O6. The first-order valence-electron chi connectivity index (χ1n) is 5.96. The molecule has 2 rings (SSSR count). The van der Waals surface area contributed by atoms with E-state index in [4.69, 9.17) is 5.11 Å². The molecule has 2 atom stereocenters. The number of carboxylic acids is 1. The summed E-state index contributed by atoms with van der Waals surface area (Å²) < 4.78 is 13.3. The molecule has 2 N–H and O–H groups in total. The maximum absolute atomic E-state index is 13.3. The first kappa shape index (κ1) is 14.9. The third-order valence-corrected chi connectivity index (χ3v) is 3.17. The zero-order chi connectivity index (χ0) is 15.7. The van der Waals surface area contributed by atoms with Crippen LogP contribution in [0.2, 0.25) is 0 Å². The van der Waals surface area contributed by atoms with E-state index >= 15 is 0 Å². The normalized spacial score (nSPS) is 21.3. The summed E-state index contributed by atoms with van der Waals surface area (Å²) in [4.78, 5) is 33.9. The van der Waals surface area contributed by atoms with Gasteiger partial charge in [-0.1, -0.05) is 0 Å². The highest BCUT2D eigenvalue weighted by Gasteiger charge is 2.39. The summed E-state index contributed by atoms with van der Waals surface area (Å²) in [5, 5.41) is 29.1. The van der Waals surface area contributed by atoms with Gasteiger partial charge in [-0.3, -0.25) is 14.9 Å². The number of carbonyl (C=O) groups excluding carboxylic acids is 1. The van der Waals surface area contributed by atoms with Gasteiger partial charge in [0.05, 0.1) is 17.1 Å². The molecule has 0 aliphatic carbocycles. The number of carboxylic acid groups (broad SMARTS) is 1. The van der Waals surface area contributed by atoms with Gasteiger partial charge in [0.25, 0.3) is 11.6 Å². The molecule has 8 nitrogen and oxygen atoms in total. The van der Waals surface area contributed by atoms with Gasteiger partial charge in [0.15, 0.2) is 0 Å². The number of aliphatic carboxylic acids is 1. The van der Waals surface area contributed by atoms with Gasteiger partial charge in [0.1, 0.15) is 11.9 Å². The number of amides is 1. The highest BCUT2D eigenvalue weighted by molar-refractivity contribution is 5.97. The number of hydrogen-bond donors (Lipinski definition) is 2. The Kier molecular flexibility index (Phi) is 3.85. The summed E-state index contributed by atoms with van der Waals surface area (Å²) in [5.74, 6) is -3.15. The third-order valence-electron chi connectivity index (χ3n) is 3.17. The minimum Gasteiger partial charge on any atom is -0.480 e. The van der Waals surface area contributed by atoms with Crippen LogP contribution >= 0.6 is 0 Å². The van der Waals surface area contributed by atoms with Crippen LogP contribution in [0.25, 0.3) is 0 Å². The van der Waals surface area contributed by atoms with Gasteiger partial charge in [-0.15, -0.1) is 0 Å². The number of hydrogen-bond acceptors (Lipinski definition) is 5. The summed E-state index contributed by atoms with van der Waals surface area (Å²) in [5.41, 5.74) is -0.938. The summed E-state index contributed by atoms with van der Waals surface area (Å²) in [6.45, 7) is -0.222. The molecule has 0 bridgehead atoms. The number of carbonyl (C=O) groups is 2. The molecule has 1 amide bonds. The molecule has 1 aliphatic rings. The van der Waals surface area contributed by atoms with Crippen LogP contribution in [0.15, 0.2) is 18.2 Å². The molecule has 0 saturated carbocycles. The number of β-amino-alcohol motifs (C(OH)–C–C–N with tert-alkyl or cyclic N) is 1. The van der Waals surface area contributed by atoms with Crippen molar-refractivity contribution in [2.75, 3.05) is 6.54 Å². The van der Waals surface area contributed by atoms with Crippen molar-refractivity contribution in [1.82, 2.24) is 4.90 Å². The molecule has 0 aromatic heterocycles. The predicted octanol–water partition coefficient (Wildman–Crippen LogP) is 0.394. The first-order chi connectivity index (χ1) is 9.79. The number of halogens is 1. The Bertz CT molecular complexity index is 620. The van der Waals surface area contributed by atoms with Crippen LogP contribution < -0.4 is 0 Å². The van der Waals surface area contributed by atoms with Crippen LogP contribution in [-0.2, 0) is 4.79 Å². The number of likely N-dealkylation sites (tertiary alicyclic amines) is 1. The minimum absolute atomic E-state index is 0.140. The molecule has 1 heterocycles. The molecule has 0 spiro atoms. The maximum Gasteiger partial charge on any atom is 0.326 e. The van der Waals surface area contributed by atoms with Gasteiger partial charge < -0.3 is 15.1 Å². The van der Waals surface area contributed by atoms with Crippen molar-refractivity contribution >= 4 is 17.6 Å². The first-order valence-corrected chi connectivity index (χ1v) is 5.96. The number of benzene rings is 1. The molecule has 1 fully saturated rings. The van der Waals surface area contributed by atoms with E-state index in [0.717, 1.165) is 17.0 Å². The number of aliphatic hydroxyl groups is 1. The molecule has 21 heavy (non-hydrogen) atoms. The van der Waals surface area contributed by atoms with Gasteiger partial charge in [0.2, 0.25) is 0 Å². The van der Waals surface area contributed by atoms with Crippen LogP contribution in [0, 0.1) is 15.9 Å². The number of nitrogens with zero attached hydrogens (tertiary/aromatic N) is 2. The Morgan fingerprint density at radius 1 is 1.38 bits per heavy atom. The van der Waals surface area contributed by atoms with Crippen molar-refractivity contribution in [1.29, 1.82) is 0 Å². The zero-order valence-electron chi connectivity index (χ0n) is 10.6. The predicted molar refractivity (Wildman–Crippen MR) is 66.1 cm³/mol. The number of rotatable bonds is 3. The van der Waals surface area contributed by atoms with E-state index < -0.39 is 40.5 Å². The fourth-order valence-electron chi connectivity index (χ4n) is 2.24. The van der Waals surface area contributed by atoms with E-state index in [9.17, 15) is 29.2 Å².